The molecule has 0 amide bonds. The quantitative estimate of drug-likeness (QED) is 0.423. The van der Waals surface area contributed by atoms with Gasteiger partial charge in [-0.05, 0) is 19.9 Å². The van der Waals surface area contributed by atoms with Gasteiger partial charge in [-0.15, -0.1) is 10.1 Å². The second kappa shape index (κ2) is 5.62. The van der Waals surface area contributed by atoms with Gasteiger partial charge in [-0.25, -0.2) is 10.2 Å². The summed E-state index contributed by atoms with van der Waals surface area (Å²) in [5, 5.41) is 21.0. The molecule has 0 aliphatic heterocycles. The summed E-state index contributed by atoms with van der Waals surface area (Å²) in [7, 11) is 0. The highest BCUT2D eigenvalue weighted by molar-refractivity contribution is 5.06. The van der Waals surface area contributed by atoms with Crippen molar-refractivity contribution in [1.29, 1.82) is 5.53 Å². The van der Waals surface area contributed by atoms with Crippen LogP contribution in [0.2, 0.25) is 0 Å². The Labute approximate surface area is 79.8 Å². The molecule has 0 bridgehead atoms. The van der Waals surface area contributed by atoms with Gasteiger partial charge in [0.05, 0.1) is 5.69 Å². The van der Waals surface area contributed by atoms with Gasteiger partial charge in [-0.2, -0.15) is 10.2 Å². The van der Waals surface area contributed by atoms with Crippen molar-refractivity contribution in [2.24, 2.45) is 5.11 Å². The Morgan fingerprint density at radius 1 is 1.79 bits per heavy atom. The van der Waals surface area contributed by atoms with Crippen molar-refractivity contribution in [1.82, 2.24) is 9.78 Å². The summed E-state index contributed by atoms with van der Waals surface area (Å²) < 4.78 is 1.70. The van der Waals surface area contributed by atoms with Crippen LogP contribution in [0.15, 0.2) is 11.2 Å². The SMILES string of the molecule is Cc1cc(C)n(CN=N)n1.O=[N+]([O-])O. The summed E-state index contributed by atoms with van der Waals surface area (Å²) in [5.41, 5.74) is 8.63. The fraction of sp³-hybridized carbons (Fsp3) is 0.500. The van der Waals surface area contributed by atoms with Crippen LogP contribution in [0.1, 0.15) is 11.4 Å². The van der Waals surface area contributed by atoms with Gasteiger partial charge in [0.25, 0.3) is 5.09 Å². The van der Waals surface area contributed by atoms with Crippen LogP contribution in [-0.2, 0) is 6.67 Å². The Morgan fingerprint density at radius 2 is 2.29 bits per heavy atom. The molecule has 0 aliphatic rings. The Morgan fingerprint density at radius 3 is 2.57 bits per heavy atom. The molecule has 8 heteroatoms. The standard InChI is InChI=1S/C6H10N4.HNO3/c1-5-3-6(2)10(9-5)4-8-7;2-1(3)4/h3,7H,4H2,1-2H3;(H,2,3,4). The second-order valence-electron chi connectivity index (χ2n) is 2.46. The van der Waals surface area contributed by atoms with E-state index < -0.39 is 5.09 Å². The van der Waals surface area contributed by atoms with Crippen molar-refractivity contribution in [3.05, 3.63) is 27.6 Å². The molecule has 0 saturated carbocycles. The van der Waals surface area contributed by atoms with Crippen LogP contribution in [-0.4, -0.2) is 20.1 Å². The van der Waals surface area contributed by atoms with E-state index in [9.17, 15) is 0 Å². The third-order valence-electron chi connectivity index (χ3n) is 1.31. The van der Waals surface area contributed by atoms with E-state index in [1.54, 1.807) is 4.68 Å². The van der Waals surface area contributed by atoms with Crippen LogP contribution in [0.25, 0.3) is 0 Å². The number of nitrogens with one attached hydrogen (secondary N) is 1. The van der Waals surface area contributed by atoms with Crippen LogP contribution in [0.3, 0.4) is 0 Å². The second-order valence-corrected chi connectivity index (χ2v) is 2.46. The molecule has 1 aromatic heterocycles. The molecule has 1 heterocycles. The zero-order valence-electron chi connectivity index (χ0n) is 7.84. The van der Waals surface area contributed by atoms with Crippen molar-refractivity contribution in [2.45, 2.75) is 20.5 Å². The van der Waals surface area contributed by atoms with Crippen molar-refractivity contribution in [3.8, 4) is 0 Å². The number of hydrogen-bond donors (Lipinski definition) is 2. The van der Waals surface area contributed by atoms with Gasteiger partial charge in [0.15, 0.2) is 6.67 Å². The van der Waals surface area contributed by atoms with Gasteiger partial charge in [-0.1, -0.05) is 0 Å². The molecule has 8 nitrogen and oxygen atoms in total. The normalized spacial score (nSPS) is 8.71. The smallest absolute Gasteiger partial charge is 0.291 e. The molecule has 1 aromatic rings. The Hall–Kier alpha value is -1.99. The summed E-state index contributed by atoms with van der Waals surface area (Å²) in [4.78, 5) is 8.36. The molecule has 0 fully saturated rings. The molecular weight excluding hydrogens is 190 g/mol. The molecule has 0 aromatic carbocycles. The molecule has 14 heavy (non-hydrogen) atoms. The highest BCUT2D eigenvalue weighted by Gasteiger charge is 1.97. The molecule has 0 radical (unpaired) electrons. The van der Waals surface area contributed by atoms with E-state index in [0.29, 0.717) is 6.67 Å². The minimum absolute atomic E-state index is 0.333. The monoisotopic (exact) mass is 201 g/mol. The van der Waals surface area contributed by atoms with E-state index >= 15 is 0 Å². The maximum Gasteiger partial charge on any atom is 0.291 e. The van der Waals surface area contributed by atoms with Crippen molar-refractivity contribution in [3.63, 3.8) is 0 Å². The lowest BCUT2D eigenvalue weighted by molar-refractivity contribution is -0.742. The van der Waals surface area contributed by atoms with Crippen LogP contribution < -0.4 is 0 Å². The van der Waals surface area contributed by atoms with Crippen molar-refractivity contribution in [2.75, 3.05) is 0 Å². The first kappa shape index (κ1) is 12.0. The van der Waals surface area contributed by atoms with Gasteiger partial charge in [0.2, 0.25) is 0 Å². The molecule has 0 saturated heterocycles. The zero-order chi connectivity index (χ0) is 11.1. The molecular formula is C6H11N5O3. The van der Waals surface area contributed by atoms with Gasteiger partial charge in [0, 0.05) is 5.69 Å². The number of rotatable bonds is 2. The third kappa shape index (κ3) is 4.80. The fourth-order valence-corrected chi connectivity index (χ4v) is 0.885. The molecule has 0 aliphatic carbocycles. The predicted octanol–water partition coefficient (Wildman–Crippen LogP) is 1.14. The summed E-state index contributed by atoms with van der Waals surface area (Å²) in [6, 6.07) is 1.96. The molecule has 0 atom stereocenters. The van der Waals surface area contributed by atoms with E-state index in [4.69, 9.17) is 20.9 Å². The van der Waals surface area contributed by atoms with E-state index in [2.05, 4.69) is 10.2 Å². The highest BCUT2D eigenvalue weighted by Crippen LogP contribution is 2.00. The largest absolute Gasteiger partial charge is 0.328 e. The first-order chi connectivity index (χ1) is 6.47. The summed E-state index contributed by atoms with van der Waals surface area (Å²) in [6.45, 7) is 4.21. The molecule has 0 unspecified atom stereocenters. The maximum absolute atomic E-state index is 8.36. The minimum Gasteiger partial charge on any atom is -0.328 e. The zero-order valence-corrected chi connectivity index (χ0v) is 7.84. The molecule has 1 rings (SSSR count). The first-order valence-corrected chi connectivity index (χ1v) is 3.65. The Kier molecular flexibility index (Phi) is 4.82. The number of nitrogens with zero attached hydrogens (tertiary/aromatic N) is 4. The molecule has 0 spiro atoms. The third-order valence-corrected chi connectivity index (χ3v) is 1.31. The van der Waals surface area contributed by atoms with Crippen molar-refractivity contribution < 1.29 is 10.3 Å². The minimum atomic E-state index is -1.50. The van der Waals surface area contributed by atoms with Crippen molar-refractivity contribution >= 4 is 0 Å². The highest BCUT2D eigenvalue weighted by atomic mass is 16.9. The van der Waals surface area contributed by atoms with Gasteiger partial charge < -0.3 is 5.21 Å². The lowest BCUT2D eigenvalue weighted by Crippen LogP contribution is -1.98. The molecule has 2 N–H and O–H groups in total. The maximum atomic E-state index is 8.36. The van der Waals surface area contributed by atoms with E-state index in [-0.39, 0.29) is 0 Å². The predicted molar refractivity (Wildman–Crippen MR) is 45.6 cm³/mol. The fourth-order valence-electron chi connectivity index (χ4n) is 0.885. The van der Waals surface area contributed by atoms with Crippen LogP contribution in [0, 0.1) is 29.5 Å². The summed E-state index contributed by atoms with van der Waals surface area (Å²) in [6.07, 6.45) is 0. The van der Waals surface area contributed by atoms with Gasteiger partial charge in [0.1, 0.15) is 0 Å². The van der Waals surface area contributed by atoms with Gasteiger partial charge in [-0.3, -0.25) is 0 Å². The Bertz CT molecular complexity index is 317. The lowest BCUT2D eigenvalue weighted by atomic mass is 10.4. The Balaban J connectivity index is 0.000000364. The number of aryl methyl sites for hydroxylation is 2. The van der Waals surface area contributed by atoms with Gasteiger partial charge >= 0.3 is 0 Å². The molecule has 78 valence electrons. The summed E-state index contributed by atoms with van der Waals surface area (Å²) >= 11 is 0. The average Bonchev–Trinajstić information content (AvgIpc) is 2.30. The van der Waals surface area contributed by atoms with Crippen LogP contribution in [0.5, 0.6) is 0 Å². The van der Waals surface area contributed by atoms with E-state index in [1.165, 1.54) is 0 Å². The van der Waals surface area contributed by atoms with Crippen LogP contribution >= 0.6 is 0 Å². The number of aromatic nitrogens is 2. The average molecular weight is 201 g/mol. The lowest BCUT2D eigenvalue weighted by Gasteiger charge is -1.94. The topological polar surface area (TPSA) is 117 Å². The summed E-state index contributed by atoms with van der Waals surface area (Å²) in [5.74, 6) is 0. The van der Waals surface area contributed by atoms with E-state index in [1.807, 2.05) is 19.9 Å². The van der Waals surface area contributed by atoms with Crippen LogP contribution in [0.4, 0.5) is 0 Å². The van der Waals surface area contributed by atoms with E-state index in [0.717, 1.165) is 11.4 Å². The number of hydrogen-bond acceptors (Lipinski definition) is 5. The first-order valence-electron chi connectivity index (χ1n) is 3.65.